The minimum Gasteiger partial charge on any atom is -0.326 e. The maximum absolute atomic E-state index is 12.1. The van der Waals surface area contributed by atoms with Crippen molar-refractivity contribution >= 4 is 46.6 Å². The lowest BCUT2D eigenvalue weighted by Crippen LogP contribution is -2.19. The molecule has 0 fully saturated rings. The van der Waals surface area contributed by atoms with Gasteiger partial charge in [-0.3, -0.25) is 9.59 Å². The van der Waals surface area contributed by atoms with Gasteiger partial charge in [0, 0.05) is 22.0 Å². The summed E-state index contributed by atoms with van der Waals surface area (Å²) in [6, 6.07) is 13.0. The third kappa shape index (κ3) is 4.06. The molecule has 2 aromatic carbocycles. The Kier molecular flexibility index (Phi) is 4.88. The van der Waals surface area contributed by atoms with Gasteiger partial charge in [-0.15, -0.1) is 11.8 Å². The number of hydrogen-bond donors (Lipinski definition) is 2. The molecular formula is C17H15ClN2O2S. The number of anilines is 2. The first-order chi connectivity index (χ1) is 11.1. The van der Waals surface area contributed by atoms with Gasteiger partial charge in [-0.25, -0.2) is 0 Å². The van der Waals surface area contributed by atoms with Gasteiger partial charge in [0.1, 0.15) is 0 Å². The lowest BCUT2D eigenvalue weighted by Gasteiger charge is -2.17. The summed E-state index contributed by atoms with van der Waals surface area (Å²) in [5, 5.41) is 6.34. The van der Waals surface area contributed by atoms with Gasteiger partial charge in [0.15, 0.2) is 0 Å². The van der Waals surface area contributed by atoms with E-state index >= 15 is 0 Å². The fraction of sp³-hybridized carbons (Fsp3) is 0.176. The summed E-state index contributed by atoms with van der Waals surface area (Å²) in [5.74, 6) is 0.320. The number of fused-ring (bicyclic) bond motifs is 1. The molecule has 0 unspecified atom stereocenters. The molecule has 2 amide bonds. The summed E-state index contributed by atoms with van der Waals surface area (Å²) in [5.41, 5.74) is 2.38. The van der Waals surface area contributed by atoms with E-state index < -0.39 is 0 Å². The van der Waals surface area contributed by atoms with Gasteiger partial charge in [-0.2, -0.15) is 0 Å². The smallest absolute Gasteiger partial charge is 0.234 e. The number of halogens is 1. The Morgan fingerprint density at radius 1 is 1.26 bits per heavy atom. The lowest BCUT2D eigenvalue weighted by molar-refractivity contribution is -0.116. The monoisotopic (exact) mass is 346 g/mol. The number of carbonyl (C=O) groups is 2. The molecule has 3 rings (SSSR count). The number of aryl methyl sites for hydroxylation is 1. The van der Waals surface area contributed by atoms with Crippen molar-refractivity contribution in [3.63, 3.8) is 0 Å². The van der Waals surface area contributed by atoms with E-state index in [4.69, 9.17) is 11.6 Å². The van der Waals surface area contributed by atoms with Gasteiger partial charge in [-0.05, 0) is 36.2 Å². The second kappa shape index (κ2) is 7.06. The predicted octanol–water partition coefficient (Wildman–Crippen LogP) is 3.96. The molecule has 2 N–H and O–H groups in total. The molecule has 0 radical (unpaired) electrons. The average Bonchev–Trinajstić information content (AvgIpc) is 2.54. The van der Waals surface area contributed by atoms with Crippen molar-refractivity contribution < 1.29 is 9.59 Å². The van der Waals surface area contributed by atoms with Crippen molar-refractivity contribution in [1.82, 2.24) is 0 Å². The van der Waals surface area contributed by atoms with E-state index in [-0.39, 0.29) is 11.8 Å². The maximum Gasteiger partial charge on any atom is 0.234 e. The standard InChI is InChI=1S/C17H15ClN2O2S/c18-13-4-2-1-3-11(13)5-8-16(21)19-12-6-7-15-14(9-12)20-17(22)10-23-15/h1-4,6-7,9H,5,8,10H2,(H,19,21)(H,20,22). The maximum atomic E-state index is 12.1. The van der Waals surface area contributed by atoms with Crippen molar-refractivity contribution in [2.24, 2.45) is 0 Å². The highest BCUT2D eigenvalue weighted by Gasteiger charge is 2.16. The second-order valence-corrected chi connectivity index (χ2v) is 6.61. The Balaban J connectivity index is 1.61. The van der Waals surface area contributed by atoms with Crippen molar-refractivity contribution in [3.05, 3.63) is 53.1 Å². The molecule has 4 nitrogen and oxygen atoms in total. The van der Waals surface area contributed by atoms with Crippen molar-refractivity contribution in [1.29, 1.82) is 0 Å². The number of carbonyl (C=O) groups excluding carboxylic acids is 2. The number of amides is 2. The first-order valence-electron chi connectivity index (χ1n) is 7.22. The van der Waals surface area contributed by atoms with Gasteiger partial charge in [0.05, 0.1) is 11.4 Å². The minimum atomic E-state index is -0.0836. The average molecular weight is 347 g/mol. The van der Waals surface area contributed by atoms with E-state index in [2.05, 4.69) is 10.6 Å². The lowest BCUT2D eigenvalue weighted by atomic mass is 10.1. The predicted molar refractivity (Wildman–Crippen MR) is 94.2 cm³/mol. The van der Waals surface area contributed by atoms with Crippen LogP contribution in [0.15, 0.2) is 47.4 Å². The molecule has 1 heterocycles. The molecule has 1 aliphatic heterocycles. The first-order valence-corrected chi connectivity index (χ1v) is 8.58. The molecule has 0 aromatic heterocycles. The first kappa shape index (κ1) is 15.9. The van der Waals surface area contributed by atoms with Crippen LogP contribution >= 0.6 is 23.4 Å². The quantitative estimate of drug-likeness (QED) is 0.881. The highest BCUT2D eigenvalue weighted by Crippen LogP contribution is 2.33. The summed E-state index contributed by atoms with van der Waals surface area (Å²) in [6.07, 6.45) is 0.935. The second-order valence-electron chi connectivity index (χ2n) is 5.19. The molecule has 118 valence electrons. The number of thioether (sulfide) groups is 1. The van der Waals surface area contributed by atoms with Crippen molar-refractivity contribution in [3.8, 4) is 0 Å². The highest BCUT2D eigenvalue weighted by atomic mass is 35.5. The van der Waals surface area contributed by atoms with Crippen LogP contribution in [-0.4, -0.2) is 17.6 Å². The molecule has 1 aliphatic rings. The molecule has 0 atom stereocenters. The Bertz CT molecular complexity index is 764. The third-order valence-electron chi connectivity index (χ3n) is 3.48. The van der Waals surface area contributed by atoms with Crippen LogP contribution in [-0.2, 0) is 16.0 Å². The molecule has 0 bridgehead atoms. The Labute approximate surface area is 143 Å². The largest absolute Gasteiger partial charge is 0.326 e. The topological polar surface area (TPSA) is 58.2 Å². The normalized spacial score (nSPS) is 13.2. The van der Waals surface area contributed by atoms with Gasteiger partial charge in [-0.1, -0.05) is 29.8 Å². The molecule has 23 heavy (non-hydrogen) atoms. The summed E-state index contributed by atoms with van der Waals surface area (Å²) >= 11 is 7.58. The third-order valence-corrected chi connectivity index (χ3v) is 4.92. The molecule has 0 saturated carbocycles. The van der Waals surface area contributed by atoms with Gasteiger partial charge < -0.3 is 10.6 Å². The number of hydrogen-bond acceptors (Lipinski definition) is 3. The van der Waals surface area contributed by atoms with Crippen molar-refractivity contribution in [2.45, 2.75) is 17.7 Å². The van der Waals surface area contributed by atoms with Crippen LogP contribution < -0.4 is 10.6 Å². The van der Waals surface area contributed by atoms with Crippen LogP contribution in [0.1, 0.15) is 12.0 Å². The molecule has 2 aromatic rings. The Morgan fingerprint density at radius 2 is 2.09 bits per heavy atom. The van der Waals surface area contributed by atoms with E-state index in [1.807, 2.05) is 36.4 Å². The summed E-state index contributed by atoms with van der Waals surface area (Å²) in [6.45, 7) is 0. The van der Waals surface area contributed by atoms with Gasteiger partial charge in [0.2, 0.25) is 11.8 Å². The van der Waals surface area contributed by atoms with E-state index in [1.54, 1.807) is 6.07 Å². The van der Waals surface area contributed by atoms with Crippen LogP contribution in [0.3, 0.4) is 0 Å². The van der Waals surface area contributed by atoms with Crippen LogP contribution in [0, 0.1) is 0 Å². The zero-order chi connectivity index (χ0) is 16.2. The number of rotatable bonds is 4. The fourth-order valence-electron chi connectivity index (χ4n) is 2.33. The molecule has 0 saturated heterocycles. The van der Waals surface area contributed by atoms with E-state index in [0.717, 1.165) is 16.1 Å². The Morgan fingerprint density at radius 3 is 2.91 bits per heavy atom. The summed E-state index contributed by atoms with van der Waals surface area (Å²) < 4.78 is 0. The van der Waals surface area contributed by atoms with Crippen LogP contribution in [0.4, 0.5) is 11.4 Å². The number of nitrogens with one attached hydrogen (secondary N) is 2. The highest BCUT2D eigenvalue weighted by molar-refractivity contribution is 8.00. The van der Waals surface area contributed by atoms with Crippen molar-refractivity contribution in [2.75, 3.05) is 16.4 Å². The fourth-order valence-corrected chi connectivity index (χ4v) is 3.35. The molecule has 0 spiro atoms. The van der Waals surface area contributed by atoms with E-state index in [1.165, 1.54) is 11.8 Å². The summed E-state index contributed by atoms with van der Waals surface area (Å²) in [7, 11) is 0. The van der Waals surface area contributed by atoms with E-state index in [9.17, 15) is 9.59 Å². The number of benzene rings is 2. The minimum absolute atomic E-state index is 0.0234. The zero-order valence-corrected chi connectivity index (χ0v) is 13.8. The van der Waals surface area contributed by atoms with Crippen LogP contribution in [0.5, 0.6) is 0 Å². The zero-order valence-electron chi connectivity index (χ0n) is 12.3. The molecular weight excluding hydrogens is 332 g/mol. The van der Waals surface area contributed by atoms with Crippen LogP contribution in [0.25, 0.3) is 0 Å². The Hall–Kier alpha value is -1.98. The SMILES string of the molecule is O=C(CCc1ccccc1Cl)Nc1ccc2c(c1)NC(=O)CS2. The summed E-state index contributed by atoms with van der Waals surface area (Å²) in [4.78, 5) is 24.5. The van der Waals surface area contributed by atoms with Gasteiger partial charge >= 0.3 is 0 Å². The van der Waals surface area contributed by atoms with Gasteiger partial charge in [0.25, 0.3) is 0 Å². The van der Waals surface area contributed by atoms with E-state index in [0.29, 0.717) is 29.3 Å². The molecule has 6 heteroatoms. The molecule has 0 aliphatic carbocycles. The van der Waals surface area contributed by atoms with Crippen LogP contribution in [0.2, 0.25) is 5.02 Å².